The van der Waals surface area contributed by atoms with Crippen molar-refractivity contribution in [2.45, 2.75) is 26.3 Å². The molecule has 2 aromatic rings. The molecule has 2 N–H and O–H groups in total. The summed E-state index contributed by atoms with van der Waals surface area (Å²) in [4.78, 5) is 33.0. The molecule has 0 aliphatic carbocycles. The summed E-state index contributed by atoms with van der Waals surface area (Å²) in [5, 5.41) is 5.42. The molecule has 0 aliphatic rings. The van der Waals surface area contributed by atoms with Crippen molar-refractivity contribution in [3.05, 3.63) is 35.9 Å². The Bertz CT molecular complexity index is 805. The second kappa shape index (κ2) is 10.1. The standard InChI is InChI=1S/C19H24N4O5/c1-5-13(18(25)20-6-2)21-17(24)12-9-7-8-10-14(12)28-19-22-15(26-3)11-16(23-19)27-4/h7-11,13H,5-6H2,1-4H3,(H,20,25)(H,21,24). The van der Waals surface area contributed by atoms with Crippen molar-refractivity contribution in [2.75, 3.05) is 20.8 Å². The van der Waals surface area contributed by atoms with Crippen molar-refractivity contribution in [2.24, 2.45) is 0 Å². The third-order valence-corrected chi connectivity index (χ3v) is 3.79. The summed E-state index contributed by atoms with van der Waals surface area (Å²) in [6.07, 6.45) is 0.455. The largest absolute Gasteiger partial charge is 0.481 e. The summed E-state index contributed by atoms with van der Waals surface area (Å²) in [5.74, 6) is 0.0689. The van der Waals surface area contributed by atoms with Crippen LogP contribution < -0.4 is 24.8 Å². The number of amides is 2. The fourth-order valence-corrected chi connectivity index (χ4v) is 2.37. The Hall–Kier alpha value is -3.36. The van der Waals surface area contributed by atoms with Gasteiger partial charge in [-0.15, -0.1) is 0 Å². The molecule has 0 bridgehead atoms. The van der Waals surface area contributed by atoms with E-state index in [1.165, 1.54) is 20.3 Å². The van der Waals surface area contributed by atoms with Gasteiger partial charge in [0.2, 0.25) is 17.7 Å². The number of para-hydroxylation sites is 1. The molecule has 1 heterocycles. The van der Waals surface area contributed by atoms with Crippen LogP contribution >= 0.6 is 0 Å². The highest BCUT2D eigenvalue weighted by Gasteiger charge is 2.21. The summed E-state index contributed by atoms with van der Waals surface area (Å²) >= 11 is 0. The van der Waals surface area contributed by atoms with E-state index in [9.17, 15) is 9.59 Å². The molecule has 0 spiro atoms. The number of benzene rings is 1. The normalized spacial score (nSPS) is 11.3. The van der Waals surface area contributed by atoms with Crippen LogP contribution in [0.1, 0.15) is 30.6 Å². The second-order valence-electron chi connectivity index (χ2n) is 5.66. The van der Waals surface area contributed by atoms with E-state index in [4.69, 9.17) is 14.2 Å². The van der Waals surface area contributed by atoms with Crippen LogP contribution in [-0.2, 0) is 4.79 Å². The van der Waals surface area contributed by atoms with E-state index in [0.717, 1.165) is 0 Å². The Morgan fingerprint density at radius 2 is 1.71 bits per heavy atom. The smallest absolute Gasteiger partial charge is 0.328 e. The van der Waals surface area contributed by atoms with Crippen LogP contribution in [0.15, 0.2) is 30.3 Å². The molecule has 28 heavy (non-hydrogen) atoms. The topological polar surface area (TPSA) is 112 Å². The minimum Gasteiger partial charge on any atom is -0.481 e. The van der Waals surface area contributed by atoms with Gasteiger partial charge in [-0.2, -0.15) is 9.97 Å². The van der Waals surface area contributed by atoms with Crippen molar-refractivity contribution in [1.29, 1.82) is 0 Å². The first-order valence-corrected chi connectivity index (χ1v) is 8.84. The number of hydrogen-bond acceptors (Lipinski definition) is 7. The SMILES string of the molecule is CCNC(=O)C(CC)NC(=O)c1ccccc1Oc1nc(OC)cc(OC)n1. The van der Waals surface area contributed by atoms with Gasteiger partial charge in [0.1, 0.15) is 11.8 Å². The van der Waals surface area contributed by atoms with Crippen LogP contribution in [0.3, 0.4) is 0 Å². The van der Waals surface area contributed by atoms with Gasteiger partial charge in [0.25, 0.3) is 5.91 Å². The van der Waals surface area contributed by atoms with Crippen molar-refractivity contribution < 1.29 is 23.8 Å². The van der Waals surface area contributed by atoms with Gasteiger partial charge in [0, 0.05) is 6.54 Å². The van der Waals surface area contributed by atoms with Gasteiger partial charge in [-0.1, -0.05) is 19.1 Å². The van der Waals surface area contributed by atoms with E-state index in [-0.39, 0.29) is 35.0 Å². The lowest BCUT2D eigenvalue weighted by atomic mass is 10.1. The quantitative estimate of drug-likeness (QED) is 0.675. The molecular formula is C19H24N4O5. The predicted molar refractivity (Wildman–Crippen MR) is 102 cm³/mol. The van der Waals surface area contributed by atoms with Crippen LogP contribution in [-0.4, -0.2) is 48.6 Å². The van der Waals surface area contributed by atoms with E-state index in [2.05, 4.69) is 20.6 Å². The minimum atomic E-state index is -0.645. The van der Waals surface area contributed by atoms with Gasteiger partial charge in [0.15, 0.2) is 0 Å². The molecule has 0 saturated heterocycles. The van der Waals surface area contributed by atoms with Crippen LogP contribution in [0, 0.1) is 0 Å². The molecule has 2 amide bonds. The third kappa shape index (κ3) is 5.32. The van der Waals surface area contributed by atoms with Crippen LogP contribution in [0.4, 0.5) is 0 Å². The van der Waals surface area contributed by atoms with E-state index in [1.54, 1.807) is 24.3 Å². The zero-order valence-electron chi connectivity index (χ0n) is 16.3. The molecule has 1 unspecified atom stereocenters. The molecule has 0 aliphatic heterocycles. The monoisotopic (exact) mass is 388 g/mol. The third-order valence-electron chi connectivity index (χ3n) is 3.79. The van der Waals surface area contributed by atoms with Crippen LogP contribution in [0.2, 0.25) is 0 Å². The maximum absolute atomic E-state index is 12.7. The Labute approximate surface area is 163 Å². The van der Waals surface area contributed by atoms with Gasteiger partial charge >= 0.3 is 6.01 Å². The molecule has 0 fully saturated rings. The summed E-state index contributed by atoms with van der Waals surface area (Å²) in [6.45, 7) is 4.12. The van der Waals surface area contributed by atoms with E-state index in [1.807, 2.05) is 13.8 Å². The van der Waals surface area contributed by atoms with Crippen LogP contribution in [0.5, 0.6) is 23.5 Å². The molecule has 1 aromatic carbocycles. The predicted octanol–water partition coefficient (Wildman–Crippen LogP) is 1.93. The van der Waals surface area contributed by atoms with E-state index < -0.39 is 11.9 Å². The number of nitrogens with zero attached hydrogens (tertiary/aromatic N) is 2. The molecule has 150 valence electrons. The fraction of sp³-hybridized carbons (Fsp3) is 0.368. The zero-order valence-corrected chi connectivity index (χ0v) is 16.3. The number of carbonyl (C=O) groups is 2. The lowest BCUT2D eigenvalue weighted by Gasteiger charge is -2.17. The highest BCUT2D eigenvalue weighted by atomic mass is 16.5. The number of aromatic nitrogens is 2. The molecule has 1 atom stereocenters. The summed E-state index contributed by atoms with van der Waals surface area (Å²) < 4.78 is 15.9. The number of carbonyl (C=O) groups excluding carboxylic acids is 2. The molecule has 1 aromatic heterocycles. The highest BCUT2D eigenvalue weighted by Crippen LogP contribution is 2.26. The number of nitrogens with one attached hydrogen (secondary N) is 2. The van der Waals surface area contributed by atoms with Gasteiger partial charge in [-0.3, -0.25) is 9.59 Å². The van der Waals surface area contributed by atoms with Crippen LogP contribution in [0.25, 0.3) is 0 Å². The van der Waals surface area contributed by atoms with Gasteiger partial charge in [-0.05, 0) is 25.5 Å². The van der Waals surface area contributed by atoms with Crippen molar-refractivity contribution in [1.82, 2.24) is 20.6 Å². The highest BCUT2D eigenvalue weighted by molar-refractivity contribution is 5.99. The number of rotatable bonds is 9. The lowest BCUT2D eigenvalue weighted by Crippen LogP contribution is -2.46. The maximum Gasteiger partial charge on any atom is 0.328 e. The molecule has 9 nitrogen and oxygen atoms in total. The summed E-state index contributed by atoms with van der Waals surface area (Å²) in [5.41, 5.74) is 0.246. The first-order valence-electron chi connectivity index (χ1n) is 8.84. The Morgan fingerprint density at radius 3 is 2.29 bits per heavy atom. The second-order valence-corrected chi connectivity index (χ2v) is 5.66. The summed E-state index contributed by atoms with van der Waals surface area (Å²) in [7, 11) is 2.92. The van der Waals surface area contributed by atoms with E-state index in [0.29, 0.717) is 13.0 Å². The number of methoxy groups -OCH3 is 2. The number of ether oxygens (including phenoxy) is 3. The number of hydrogen-bond donors (Lipinski definition) is 2. The lowest BCUT2D eigenvalue weighted by molar-refractivity contribution is -0.122. The molecule has 2 rings (SSSR count). The Kier molecular flexibility index (Phi) is 7.55. The minimum absolute atomic E-state index is 0.0350. The molecule has 0 radical (unpaired) electrons. The van der Waals surface area contributed by atoms with Gasteiger partial charge in [0.05, 0.1) is 25.8 Å². The van der Waals surface area contributed by atoms with Gasteiger partial charge in [-0.25, -0.2) is 0 Å². The molecule has 0 saturated carbocycles. The van der Waals surface area contributed by atoms with Crippen molar-refractivity contribution in [3.8, 4) is 23.5 Å². The van der Waals surface area contributed by atoms with Gasteiger partial charge < -0.3 is 24.8 Å². The zero-order chi connectivity index (χ0) is 20.5. The first-order chi connectivity index (χ1) is 13.5. The maximum atomic E-state index is 12.7. The average Bonchev–Trinajstić information content (AvgIpc) is 2.71. The average molecular weight is 388 g/mol. The van der Waals surface area contributed by atoms with Crippen molar-refractivity contribution in [3.63, 3.8) is 0 Å². The Balaban J connectivity index is 2.25. The Morgan fingerprint density at radius 1 is 1.07 bits per heavy atom. The van der Waals surface area contributed by atoms with Crippen molar-refractivity contribution >= 4 is 11.8 Å². The molecule has 9 heteroatoms. The first kappa shape index (κ1) is 20.9. The summed E-state index contributed by atoms with van der Waals surface area (Å²) in [6, 6.07) is 7.43. The molecular weight excluding hydrogens is 364 g/mol. The van der Waals surface area contributed by atoms with E-state index >= 15 is 0 Å². The fourth-order valence-electron chi connectivity index (χ4n) is 2.37. The number of likely N-dealkylation sites (N-methyl/N-ethyl adjacent to an activating group) is 1.